The summed E-state index contributed by atoms with van der Waals surface area (Å²) in [5.41, 5.74) is 0.782. The van der Waals surface area contributed by atoms with Gasteiger partial charge in [0.15, 0.2) is 0 Å². The summed E-state index contributed by atoms with van der Waals surface area (Å²) >= 11 is 0. The molecular weight excluding hydrogens is 264 g/mol. The van der Waals surface area contributed by atoms with Gasteiger partial charge in [0.1, 0.15) is 5.82 Å². The van der Waals surface area contributed by atoms with Crippen LogP contribution in [-0.4, -0.2) is 37.1 Å². The van der Waals surface area contributed by atoms with Gasteiger partial charge in [0, 0.05) is 19.5 Å². The molecule has 0 aromatic carbocycles. The van der Waals surface area contributed by atoms with Gasteiger partial charge in [-0.2, -0.15) is 0 Å². The predicted molar refractivity (Wildman–Crippen MR) is 86.6 cm³/mol. The zero-order valence-corrected chi connectivity index (χ0v) is 13.1. The van der Waals surface area contributed by atoms with Crippen molar-refractivity contribution in [2.24, 2.45) is 5.92 Å². The van der Waals surface area contributed by atoms with Gasteiger partial charge in [-0.15, -0.1) is 0 Å². The lowest BCUT2D eigenvalue weighted by atomic mass is 9.94. The molecular formula is C16H26N4O. The van der Waals surface area contributed by atoms with Gasteiger partial charge < -0.3 is 15.5 Å². The second-order valence-electron chi connectivity index (χ2n) is 5.52. The Hall–Kier alpha value is -1.62. The molecule has 116 valence electrons. The molecule has 2 heterocycles. The van der Waals surface area contributed by atoms with Gasteiger partial charge in [0.05, 0.1) is 11.9 Å². The normalized spacial score (nSPS) is 15.7. The molecule has 0 spiro atoms. The summed E-state index contributed by atoms with van der Waals surface area (Å²) in [7, 11) is 0. The van der Waals surface area contributed by atoms with E-state index in [9.17, 15) is 4.79 Å². The van der Waals surface area contributed by atoms with Crippen molar-refractivity contribution in [3.05, 3.63) is 18.3 Å². The molecule has 1 saturated heterocycles. The third kappa shape index (κ3) is 4.70. The minimum Gasteiger partial charge on any atom is -0.357 e. The number of nitrogens with one attached hydrogen (secondary N) is 2. The Morgan fingerprint density at radius 3 is 2.62 bits per heavy atom. The van der Waals surface area contributed by atoms with Crippen LogP contribution in [0.4, 0.5) is 11.5 Å². The van der Waals surface area contributed by atoms with Gasteiger partial charge >= 0.3 is 0 Å². The van der Waals surface area contributed by atoms with Crippen molar-refractivity contribution in [3.63, 3.8) is 0 Å². The molecule has 1 fully saturated rings. The van der Waals surface area contributed by atoms with Crippen molar-refractivity contribution < 1.29 is 4.79 Å². The highest BCUT2D eigenvalue weighted by Crippen LogP contribution is 2.18. The van der Waals surface area contributed by atoms with E-state index < -0.39 is 0 Å². The maximum atomic E-state index is 12.0. The van der Waals surface area contributed by atoms with E-state index in [1.54, 1.807) is 6.20 Å². The second-order valence-corrected chi connectivity index (χ2v) is 5.52. The smallest absolute Gasteiger partial charge is 0.224 e. The number of amides is 1. The molecule has 1 aromatic rings. The lowest BCUT2D eigenvalue weighted by molar-refractivity contribution is -0.117. The molecule has 0 atom stereocenters. The summed E-state index contributed by atoms with van der Waals surface area (Å²) < 4.78 is 0. The molecule has 0 bridgehead atoms. The maximum Gasteiger partial charge on any atom is 0.224 e. The molecule has 2 N–H and O–H groups in total. The number of piperidine rings is 1. The molecule has 1 aliphatic heterocycles. The first kappa shape index (κ1) is 15.8. The van der Waals surface area contributed by atoms with Crippen molar-refractivity contribution in [2.45, 2.75) is 33.1 Å². The Morgan fingerprint density at radius 2 is 2.05 bits per heavy atom. The largest absolute Gasteiger partial charge is 0.357 e. The molecule has 0 aliphatic carbocycles. The van der Waals surface area contributed by atoms with E-state index in [0.717, 1.165) is 50.5 Å². The first-order valence-electron chi connectivity index (χ1n) is 7.94. The lowest BCUT2D eigenvalue weighted by Crippen LogP contribution is -2.30. The van der Waals surface area contributed by atoms with Gasteiger partial charge in [0.2, 0.25) is 5.91 Å². The number of hydrogen-bond donors (Lipinski definition) is 2. The molecule has 5 nitrogen and oxygen atoms in total. The maximum absolute atomic E-state index is 12.0. The fourth-order valence-electron chi connectivity index (χ4n) is 2.75. The highest BCUT2D eigenvalue weighted by molar-refractivity contribution is 5.90. The lowest BCUT2D eigenvalue weighted by Gasteiger charge is -2.22. The van der Waals surface area contributed by atoms with Crippen LogP contribution in [0.5, 0.6) is 0 Å². The molecule has 1 amide bonds. The molecule has 0 unspecified atom stereocenters. The van der Waals surface area contributed by atoms with E-state index in [4.69, 9.17) is 0 Å². The van der Waals surface area contributed by atoms with Gasteiger partial charge in [-0.05, 0) is 57.8 Å². The summed E-state index contributed by atoms with van der Waals surface area (Å²) in [6, 6.07) is 3.90. The number of anilines is 2. The highest BCUT2D eigenvalue weighted by atomic mass is 16.1. The topological polar surface area (TPSA) is 57.3 Å². The molecule has 0 saturated carbocycles. The molecule has 1 aromatic heterocycles. The zero-order chi connectivity index (χ0) is 15.1. The Balaban J connectivity index is 1.86. The Morgan fingerprint density at radius 1 is 1.33 bits per heavy atom. The molecule has 2 rings (SSSR count). The average Bonchev–Trinajstić information content (AvgIpc) is 2.51. The minimum atomic E-state index is 0.0966. The van der Waals surface area contributed by atoms with Crippen molar-refractivity contribution >= 4 is 17.4 Å². The van der Waals surface area contributed by atoms with Crippen LogP contribution in [0.2, 0.25) is 0 Å². The summed E-state index contributed by atoms with van der Waals surface area (Å²) in [5, 5.41) is 6.27. The predicted octanol–water partition coefficient (Wildman–Crippen LogP) is 2.26. The van der Waals surface area contributed by atoms with E-state index in [0.29, 0.717) is 12.3 Å². The van der Waals surface area contributed by atoms with E-state index in [2.05, 4.69) is 34.4 Å². The number of aromatic nitrogens is 1. The van der Waals surface area contributed by atoms with Crippen LogP contribution >= 0.6 is 0 Å². The van der Waals surface area contributed by atoms with Crippen LogP contribution < -0.4 is 15.5 Å². The van der Waals surface area contributed by atoms with Crippen LogP contribution in [-0.2, 0) is 4.79 Å². The third-order valence-electron chi connectivity index (χ3n) is 4.05. The van der Waals surface area contributed by atoms with E-state index in [1.165, 1.54) is 0 Å². The first-order chi connectivity index (χ1) is 10.2. The summed E-state index contributed by atoms with van der Waals surface area (Å²) in [4.78, 5) is 18.6. The van der Waals surface area contributed by atoms with Crippen LogP contribution in [0.3, 0.4) is 0 Å². The first-order valence-corrected chi connectivity index (χ1v) is 7.94. The number of pyridine rings is 1. The van der Waals surface area contributed by atoms with Crippen LogP contribution in [0.25, 0.3) is 0 Å². The monoisotopic (exact) mass is 290 g/mol. The van der Waals surface area contributed by atoms with E-state index >= 15 is 0 Å². The highest BCUT2D eigenvalue weighted by Gasteiger charge is 2.16. The standard InChI is InChI=1S/C16H26N4O/c1-3-20(4-2)15-6-5-14(12-18-15)19-16(21)11-13-7-9-17-10-8-13/h5-6,12-13,17H,3-4,7-11H2,1-2H3,(H,19,21). The van der Waals surface area contributed by atoms with E-state index in [-0.39, 0.29) is 5.91 Å². The Labute approximate surface area is 127 Å². The van der Waals surface area contributed by atoms with Crippen LogP contribution in [0, 0.1) is 5.92 Å². The number of carbonyl (C=O) groups is 1. The molecule has 21 heavy (non-hydrogen) atoms. The van der Waals surface area contributed by atoms with Gasteiger partial charge in [-0.3, -0.25) is 4.79 Å². The van der Waals surface area contributed by atoms with E-state index in [1.807, 2.05) is 12.1 Å². The fourth-order valence-corrected chi connectivity index (χ4v) is 2.75. The number of hydrogen-bond acceptors (Lipinski definition) is 4. The number of carbonyl (C=O) groups excluding carboxylic acids is 1. The summed E-state index contributed by atoms with van der Waals surface area (Å²) in [6.45, 7) is 8.14. The van der Waals surface area contributed by atoms with Gasteiger partial charge in [0.25, 0.3) is 0 Å². The van der Waals surface area contributed by atoms with Crippen LogP contribution in [0.15, 0.2) is 18.3 Å². The van der Waals surface area contributed by atoms with Gasteiger partial charge in [-0.25, -0.2) is 4.98 Å². The fraction of sp³-hybridized carbons (Fsp3) is 0.625. The summed E-state index contributed by atoms with van der Waals surface area (Å²) in [5.74, 6) is 1.56. The van der Waals surface area contributed by atoms with Crippen molar-refractivity contribution in [1.82, 2.24) is 10.3 Å². The van der Waals surface area contributed by atoms with Crippen molar-refractivity contribution in [2.75, 3.05) is 36.4 Å². The van der Waals surface area contributed by atoms with Crippen molar-refractivity contribution in [1.29, 1.82) is 0 Å². The Kier molecular flexibility index (Phi) is 5.99. The number of nitrogens with zero attached hydrogens (tertiary/aromatic N) is 2. The summed E-state index contributed by atoms with van der Waals surface area (Å²) in [6.07, 6.45) is 4.53. The SMILES string of the molecule is CCN(CC)c1ccc(NC(=O)CC2CCNCC2)cn1. The molecule has 5 heteroatoms. The third-order valence-corrected chi connectivity index (χ3v) is 4.05. The second kappa shape index (κ2) is 7.98. The molecule has 1 aliphatic rings. The average molecular weight is 290 g/mol. The Bertz CT molecular complexity index is 436. The van der Waals surface area contributed by atoms with Gasteiger partial charge in [-0.1, -0.05) is 0 Å². The minimum absolute atomic E-state index is 0.0966. The zero-order valence-electron chi connectivity index (χ0n) is 13.1. The quantitative estimate of drug-likeness (QED) is 0.844. The van der Waals surface area contributed by atoms with Crippen molar-refractivity contribution in [3.8, 4) is 0 Å². The molecule has 0 radical (unpaired) electrons. The number of rotatable bonds is 6. The van der Waals surface area contributed by atoms with Crippen LogP contribution in [0.1, 0.15) is 33.1 Å².